The highest BCUT2D eigenvalue weighted by atomic mass is 32.2. The highest BCUT2D eigenvalue weighted by molar-refractivity contribution is 7.86. The Morgan fingerprint density at radius 1 is 0.695 bits per heavy atom. The smallest absolute Gasteiger partial charge is 0.303 e. The van der Waals surface area contributed by atoms with Crippen molar-refractivity contribution in [2.75, 3.05) is 23.7 Å². The quantitative estimate of drug-likeness (QED) is 0.0352. The molecule has 322 valence electrons. The molecule has 2 aromatic rings. The second-order valence-electron chi connectivity index (χ2n) is 15.4. The van der Waals surface area contributed by atoms with Gasteiger partial charge in [-0.05, 0) is 94.8 Å². The van der Waals surface area contributed by atoms with E-state index in [1.165, 1.54) is 24.3 Å². The Balaban J connectivity index is 1.66. The zero-order chi connectivity index (χ0) is 43.8. The molecule has 0 saturated heterocycles. The molecule has 0 spiro atoms. The van der Waals surface area contributed by atoms with Crippen LogP contribution in [0.3, 0.4) is 0 Å². The molecule has 18 heteroatoms. The summed E-state index contributed by atoms with van der Waals surface area (Å²) in [6.07, 6.45) is 16.7. The van der Waals surface area contributed by atoms with Crippen LogP contribution in [0.25, 0.3) is 0 Å². The van der Waals surface area contributed by atoms with Crippen LogP contribution in [-0.4, -0.2) is 90.2 Å². The number of fused-ring (bicyclic) bond motifs is 2. The number of carboxylic acids is 2. The van der Waals surface area contributed by atoms with E-state index in [4.69, 9.17) is 10.2 Å². The van der Waals surface area contributed by atoms with Crippen LogP contribution in [0.2, 0.25) is 0 Å². The van der Waals surface area contributed by atoms with Crippen molar-refractivity contribution < 1.29 is 63.3 Å². The average molecular weight is 878 g/mol. The van der Waals surface area contributed by atoms with Gasteiger partial charge in [0.2, 0.25) is 5.69 Å². The van der Waals surface area contributed by atoms with E-state index >= 15 is 0 Å². The van der Waals surface area contributed by atoms with Gasteiger partial charge in [0.25, 0.3) is 30.4 Å². The lowest BCUT2D eigenvalue weighted by atomic mass is 9.77. The molecule has 2 aliphatic heterocycles. The van der Waals surface area contributed by atoms with Crippen LogP contribution in [0.4, 0.5) is 11.4 Å². The molecular formula is C41H53N2O13S3+. The van der Waals surface area contributed by atoms with Crippen molar-refractivity contribution in [2.45, 2.75) is 106 Å². The Hall–Kier alpha value is -4.46. The summed E-state index contributed by atoms with van der Waals surface area (Å²) in [5, 5.41) is 18.1. The molecule has 0 aliphatic carbocycles. The minimum Gasteiger partial charge on any atom is -0.481 e. The molecule has 0 bridgehead atoms. The van der Waals surface area contributed by atoms with E-state index in [1.807, 2.05) is 43.9 Å². The number of benzene rings is 2. The Morgan fingerprint density at radius 3 is 1.85 bits per heavy atom. The van der Waals surface area contributed by atoms with Crippen LogP contribution in [0.15, 0.2) is 94.4 Å². The second kappa shape index (κ2) is 19.3. The van der Waals surface area contributed by atoms with Gasteiger partial charge in [-0.2, -0.15) is 29.8 Å². The minimum absolute atomic E-state index is 0.000531. The van der Waals surface area contributed by atoms with Crippen LogP contribution < -0.4 is 4.90 Å². The first kappa shape index (κ1) is 47.2. The molecule has 5 N–H and O–H groups in total. The summed E-state index contributed by atoms with van der Waals surface area (Å²) in [4.78, 5) is 23.5. The number of unbranched alkanes of at least 4 members (excludes halogenated alkanes) is 4. The van der Waals surface area contributed by atoms with E-state index in [0.29, 0.717) is 74.0 Å². The van der Waals surface area contributed by atoms with Crippen LogP contribution >= 0.6 is 0 Å². The van der Waals surface area contributed by atoms with Crippen LogP contribution in [0.5, 0.6) is 0 Å². The van der Waals surface area contributed by atoms with Crippen molar-refractivity contribution in [1.82, 2.24) is 0 Å². The Bertz CT molecular complexity index is 2410. The standard InChI is InChI=1S/C41H52N2O13S3/c1-40(2)32-28-30(58(51,52)53)20-22-34(32)42(25-14-8-12-19-39(46)47)36(40)16-9-5-4-6-10-17-37-41(3,24-13-7-11-18-38(44)45)33-29-31(59(54,55)56)21-23-35(33)43(37)26-15-27-57(48,49)50/h4-6,9-10,16-17,20-23,28-29H,7-8,11-15,18-19,24-27H2,1-3H3,(H4-,44,45,46,47,48,49,50,51,52,53,54,55,56)/p+1. The van der Waals surface area contributed by atoms with E-state index < -0.39 is 58.9 Å². The number of anilines is 1. The lowest BCUT2D eigenvalue weighted by molar-refractivity contribution is -0.438. The molecule has 2 heterocycles. The number of aliphatic carboxylic acids is 2. The second-order valence-corrected chi connectivity index (χ2v) is 19.8. The third-order valence-electron chi connectivity index (χ3n) is 10.7. The predicted octanol–water partition coefficient (Wildman–Crippen LogP) is 6.84. The highest BCUT2D eigenvalue weighted by Crippen LogP contribution is 2.51. The van der Waals surface area contributed by atoms with Crippen LogP contribution in [0.1, 0.15) is 96.1 Å². The summed E-state index contributed by atoms with van der Waals surface area (Å²) in [6, 6.07) is 8.69. The van der Waals surface area contributed by atoms with E-state index in [1.54, 1.807) is 36.4 Å². The summed E-state index contributed by atoms with van der Waals surface area (Å²) < 4.78 is 103. The Labute approximate surface area is 346 Å². The molecule has 0 aromatic heterocycles. The fourth-order valence-electron chi connectivity index (χ4n) is 7.80. The van der Waals surface area contributed by atoms with E-state index in [2.05, 4.69) is 4.58 Å². The number of allylic oxidation sites excluding steroid dienone is 8. The van der Waals surface area contributed by atoms with Gasteiger partial charge in [0.05, 0.1) is 21.0 Å². The van der Waals surface area contributed by atoms with Gasteiger partial charge in [0.1, 0.15) is 6.54 Å². The Kier molecular flexibility index (Phi) is 15.4. The van der Waals surface area contributed by atoms with Crippen molar-refractivity contribution in [2.24, 2.45) is 0 Å². The topological polar surface area (TPSA) is 244 Å². The molecule has 2 aliphatic rings. The van der Waals surface area contributed by atoms with Gasteiger partial charge in [-0.15, -0.1) is 0 Å². The van der Waals surface area contributed by atoms with Crippen molar-refractivity contribution in [3.8, 4) is 0 Å². The minimum atomic E-state index is -4.57. The first-order chi connectivity index (χ1) is 27.5. The summed E-state index contributed by atoms with van der Waals surface area (Å²) in [5.74, 6) is -2.28. The van der Waals surface area contributed by atoms with Gasteiger partial charge in [-0.25, -0.2) is 0 Å². The molecule has 1 unspecified atom stereocenters. The maximum Gasteiger partial charge on any atom is 0.303 e. The number of nitrogens with zero attached hydrogens (tertiary/aromatic N) is 2. The van der Waals surface area contributed by atoms with E-state index in [9.17, 15) is 48.5 Å². The first-order valence-corrected chi connectivity index (χ1v) is 23.7. The molecule has 0 radical (unpaired) electrons. The lowest BCUT2D eigenvalue weighted by Gasteiger charge is -2.30. The fourth-order valence-corrected chi connectivity index (χ4v) is 9.30. The number of carbonyl (C=O) groups is 2. The van der Waals surface area contributed by atoms with Gasteiger partial charge >= 0.3 is 11.9 Å². The maximum atomic E-state index is 12.2. The number of hydrogen-bond acceptors (Lipinski definition) is 9. The van der Waals surface area contributed by atoms with Crippen molar-refractivity contribution in [1.29, 1.82) is 0 Å². The molecule has 0 fully saturated rings. The zero-order valence-corrected chi connectivity index (χ0v) is 35.8. The monoisotopic (exact) mass is 877 g/mol. The molecule has 15 nitrogen and oxygen atoms in total. The zero-order valence-electron chi connectivity index (χ0n) is 33.3. The fraction of sp³-hybridized carbons (Fsp3) is 0.439. The largest absolute Gasteiger partial charge is 0.481 e. The number of hydrogen-bond donors (Lipinski definition) is 5. The van der Waals surface area contributed by atoms with Gasteiger partial charge in [-0.1, -0.05) is 43.2 Å². The van der Waals surface area contributed by atoms with Gasteiger partial charge in [0, 0.05) is 60.3 Å². The normalized spacial score (nSPS) is 18.8. The van der Waals surface area contributed by atoms with Crippen LogP contribution in [-0.2, 0) is 50.8 Å². The summed E-state index contributed by atoms with van der Waals surface area (Å²) in [5.41, 5.74) is 2.75. The van der Waals surface area contributed by atoms with Crippen molar-refractivity contribution in [3.63, 3.8) is 0 Å². The molecule has 1 atom stereocenters. The summed E-state index contributed by atoms with van der Waals surface area (Å²) in [6.45, 7) is 6.51. The highest BCUT2D eigenvalue weighted by Gasteiger charge is 2.45. The molecule has 0 amide bonds. The molecular weight excluding hydrogens is 825 g/mol. The van der Waals surface area contributed by atoms with Crippen molar-refractivity contribution >= 4 is 59.4 Å². The average Bonchev–Trinajstić information content (AvgIpc) is 3.48. The van der Waals surface area contributed by atoms with E-state index in [-0.39, 0.29) is 35.6 Å². The van der Waals surface area contributed by atoms with Gasteiger partial charge in [-0.3, -0.25) is 23.2 Å². The summed E-state index contributed by atoms with van der Waals surface area (Å²) >= 11 is 0. The van der Waals surface area contributed by atoms with Crippen molar-refractivity contribution in [3.05, 3.63) is 95.8 Å². The SMILES string of the molecule is CC1(C)C(/C=C/C=C/C=C/C=C2\N(CCCS(=O)(=O)O)c3ccc(S(=O)(=O)O)cc3C2(C)CCCCCC(=O)O)=[N+](CCCCCC(=O)O)c2ccc(S(=O)(=O)O)cc21. The van der Waals surface area contributed by atoms with Gasteiger partial charge < -0.3 is 15.1 Å². The summed E-state index contributed by atoms with van der Waals surface area (Å²) in [7, 11) is -13.3. The number of carboxylic acid groups (broad SMARTS) is 2. The molecule has 4 rings (SSSR count). The van der Waals surface area contributed by atoms with E-state index in [0.717, 1.165) is 11.4 Å². The molecule has 2 aromatic carbocycles. The van der Waals surface area contributed by atoms with Gasteiger partial charge in [0.15, 0.2) is 5.71 Å². The predicted molar refractivity (Wildman–Crippen MR) is 223 cm³/mol. The third kappa shape index (κ3) is 12.3. The third-order valence-corrected chi connectivity index (χ3v) is 13.2. The Morgan fingerprint density at radius 2 is 1.25 bits per heavy atom. The maximum absolute atomic E-state index is 12.2. The first-order valence-electron chi connectivity index (χ1n) is 19.2. The molecule has 0 saturated carbocycles. The molecule has 59 heavy (non-hydrogen) atoms. The lowest BCUT2D eigenvalue weighted by Crippen LogP contribution is -2.30. The number of rotatable bonds is 22. The van der Waals surface area contributed by atoms with Crippen LogP contribution in [0, 0.1) is 0 Å².